The lowest BCUT2D eigenvalue weighted by molar-refractivity contribution is -0.136. The third kappa shape index (κ3) is 5.26. The summed E-state index contributed by atoms with van der Waals surface area (Å²) in [5.74, 6) is -0.287. The molecule has 0 atom stereocenters. The van der Waals surface area contributed by atoms with E-state index in [1.807, 2.05) is 4.90 Å². The van der Waals surface area contributed by atoms with Crippen LogP contribution >= 0.6 is 0 Å². The van der Waals surface area contributed by atoms with Gasteiger partial charge in [-0.25, -0.2) is 4.79 Å². The molecule has 1 aliphatic heterocycles. The Morgan fingerprint density at radius 3 is 2.38 bits per heavy atom. The van der Waals surface area contributed by atoms with Crippen LogP contribution in [0.3, 0.4) is 0 Å². The molecule has 130 valence electrons. The minimum atomic E-state index is -0.967. The van der Waals surface area contributed by atoms with Gasteiger partial charge in [0.1, 0.15) is 0 Å². The minimum absolute atomic E-state index is 0.0133. The van der Waals surface area contributed by atoms with Crippen molar-refractivity contribution < 1.29 is 19.5 Å². The molecule has 0 bridgehead atoms. The van der Waals surface area contributed by atoms with Crippen molar-refractivity contribution in [3.8, 4) is 0 Å². The van der Waals surface area contributed by atoms with Crippen LogP contribution in [-0.2, 0) is 4.79 Å². The predicted molar refractivity (Wildman–Crippen MR) is 90.0 cm³/mol. The maximum Gasteiger partial charge on any atom is 0.319 e. The molecule has 3 N–H and O–H groups in total. The highest BCUT2D eigenvalue weighted by molar-refractivity contribution is 5.95. The number of carbonyl (C=O) groups excluding carboxylic acids is 2. The van der Waals surface area contributed by atoms with Gasteiger partial charge in [-0.3, -0.25) is 9.59 Å². The largest absolute Gasteiger partial charge is 0.481 e. The fraction of sp³-hybridized carbons (Fsp3) is 0.471. The molecule has 0 aliphatic carbocycles. The molecule has 0 unspecified atom stereocenters. The summed E-state index contributed by atoms with van der Waals surface area (Å²) in [5.41, 5.74) is 1.15. The van der Waals surface area contributed by atoms with Crippen LogP contribution in [0.4, 0.5) is 10.5 Å². The molecule has 7 heteroatoms. The average Bonchev–Trinajstić information content (AvgIpc) is 2.55. The Balaban J connectivity index is 1.85. The number of benzene rings is 1. The van der Waals surface area contributed by atoms with E-state index in [4.69, 9.17) is 5.11 Å². The van der Waals surface area contributed by atoms with E-state index in [-0.39, 0.29) is 18.9 Å². The van der Waals surface area contributed by atoms with Crippen molar-refractivity contribution in [1.29, 1.82) is 0 Å². The van der Waals surface area contributed by atoms with Crippen LogP contribution in [0, 0.1) is 5.92 Å². The van der Waals surface area contributed by atoms with E-state index < -0.39 is 12.0 Å². The highest BCUT2D eigenvalue weighted by atomic mass is 16.4. The molecule has 1 aliphatic rings. The third-order valence-electron chi connectivity index (χ3n) is 4.08. The first kappa shape index (κ1) is 17.8. The summed E-state index contributed by atoms with van der Waals surface area (Å²) in [7, 11) is 0. The fourth-order valence-electron chi connectivity index (χ4n) is 2.55. The molecule has 24 heavy (non-hydrogen) atoms. The van der Waals surface area contributed by atoms with Crippen molar-refractivity contribution in [3.63, 3.8) is 0 Å². The zero-order valence-corrected chi connectivity index (χ0v) is 13.7. The van der Waals surface area contributed by atoms with Crippen molar-refractivity contribution in [3.05, 3.63) is 29.8 Å². The first-order valence-electron chi connectivity index (χ1n) is 8.11. The molecule has 1 heterocycles. The maximum absolute atomic E-state index is 12.4. The summed E-state index contributed by atoms with van der Waals surface area (Å²) in [6.45, 7) is 3.83. The van der Waals surface area contributed by atoms with Crippen LogP contribution in [0.15, 0.2) is 24.3 Å². The zero-order chi connectivity index (χ0) is 17.5. The van der Waals surface area contributed by atoms with Gasteiger partial charge in [0.25, 0.3) is 5.91 Å². The van der Waals surface area contributed by atoms with Gasteiger partial charge < -0.3 is 20.6 Å². The predicted octanol–water partition coefficient (Wildman–Crippen LogP) is 2.15. The number of urea groups is 1. The van der Waals surface area contributed by atoms with E-state index in [1.54, 1.807) is 24.3 Å². The first-order chi connectivity index (χ1) is 11.5. The van der Waals surface area contributed by atoms with Gasteiger partial charge in [0, 0.05) is 30.9 Å². The molecule has 1 fully saturated rings. The van der Waals surface area contributed by atoms with Gasteiger partial charge in [0.2, 0.25) is 0 Å². The molecule has 7 nitrogen and oxygen atoms in total. The molecular weight excluding hydrogens is 310 g/mol. The van der Waals surface area contributed by atoms with E-state index >= 15 is 0 Å². The van der Waals surface area contributed by atoms with Gasteiger partial charge in [-0.2, -0.15) is 0 Å². The van der Waals surface area contributed by atoms with E-state index in [2.05, 4.69) is 17.6 Å². The molecular formula is C17H23N3O4. The molecule has 0 spiro atoms. The number of likely N-dealkylation sites (tertiary alicyclic amines) is 1. The van der Waals surface area contributed by atoms with E-state index in [0.717, 1.165) is 25.9 Å². The Hall–Kier alpha value is -2.57. The highest BCUT2D eigenvalue weighted by Crippen LogP contribution is 2.19. The lowest BCUT2D eigenvalue weighted by Gasteiger charge is -2.30. The fourth-order valence-corrected chi connectivity index (χ4v) is 2.55. The monoisotopic (exact) mass is 333 g/mol. The number of hydrogen-bond acceptors (Lipinski definition) is 3. The molecule has 0 saturated carbocycles. The van der Waals surface area contributed by atoms with Crippen LogP contribution in [0.2, 0.25) is 0 Å². The number of nitrogens with one attached hydrogen (secondary N) is 2. The van der Waals surface area contributed by atoms with Crippen LogP contribution in [0.1, 0.15) is 36.5 Å². The summed E-state index contributed by atoms with van der Waals surface area (Å²) in [6.07, 6.45) is 1.93. The van der Waals surface area contributed by atoms with Crippen molar-refractivity contribution in [2.75, 3.05) is 25.0 Å². The summed E-state index contributed by atoms with van der Waals surface area (Å²) in [5, 5.41) is 13.6. The molecule has 1 aromatic carbocycles. The Morgan fingerprint density at radius 2 is 1.79 bits per heavy atom. The average molecular weight is 333 g/mol. The standard InChI is InChI=1S/C17H23N3O4/c1-12-7-10-20(11-8-12)16(23)13-2-4-14(5-3-13)19-17(24)18-9-6-15(21)22/h2-5,12H,6-11H2,1H3,(H,21,22)(H2,18,19,24). The molecule has 2 rings (SSSR count). The van der Waals surface area contributed by atoms with Crippen LogP contribution in [0.25, 0.3) is 0 Å². The van der Waals surface area contributed by atoms with E-state index in [0.29, 0.717) is 17.2 Å². The number of carboxylic acids is 1. The number of amides is 3. The topological polar surface area (TPSA) is 98.7 Å². The lowest BCUT2D eigenvalue weighted by Crippen LogP contribution is -2.37. The highest BCUT2D eigenvalue weighted by Gasteiger charge is 2.21. The van der Waals surface area contributed by atoms with Crippen molar-refractivity contribution in [2.45, 2.75) is 26.2 Å². The van der Waals surface area contributed by atoms with Gasteiger partial charge in [-0.15, -0.1) is 0 Å². The molecule has 0 aromatic heterocycles. The van der Waals surface area contributed by atoms with Crippen molar-refractivity contribution >= 4 is 23.6 Å². The lowest BCUT2D eigenvalue weighted by atomic mass is 9.98. The first-order valence-corrected chi connectivity index (χ1v) is 8.11. The Morgan fingerprint density at radius 1 is 1.17 bits per heavy atom. The number of nitrogens with zero attached hydrogens (tertiary/aromatic N) is 1. The Kier molecular flexibility index (Phi) is 6.17. The van der Waals surface area contributed by atoms with Crippen molar-refractivity contribution in [1.82, 2.24) is 10.2 Å². The second kappa shape index (κ2) is 8.33. The zero-order valence-electron chi connectivity index (χ0n) is 13.7. The van der Waals surface area contributed by atoms with Crippen molar-refractivity contribution in [2.24, 2.45) is 5.92 Å². The number of carboxylic acid groups (broad SMARTS) is 1. The van der Waals surface area contributed by atoms with Gasteiger partial charge in [-0.1, -0.05) is 6.92 Å². The quantitative estimate of drug-likeness (QED) is 0.769. The number of hydrogen-bond donors (Lipinski definition) is 3. The normalized spacial score (nSPS) is 15.0. The third-order valence-corrected chi connectivity index (χ3v) is 4.08. The van der Waals surface area contributed by atoms with Gasteiger partial charge in [-0.05, 0) is 43.0 Å². The molecule has 0 radical (unpaired) electrons. The molecule has 3 amide bonds. The second-order valence-electron chi connectivity index (χ2n) is 6.08. The number of rotatable bonds is 5. The summed E-state index contributed by atoms with van der Waals surface area (Å²) in [4.78, 5) is 36.3. The maximum atomic E-state index is 12.4. The number of piperidine rings is 1. The summed E-state index contributed by atoms with van der Waals surface area (Å²) in [6, 6.07) is 6.23. The van der Waals surface area contributed by atoms with Gasteiger partial charge in [0.05, 0.1) is 6.42 Å². The van der Waals surface area contributed by atoms with Gasteiger partial charge in [0.15, 0.2) is 0 Å². The van der Waals surface area contributed by atoms with Gasteiger partial charge >= 0.3 is 12.0 Å². The SMILES string of the molecule is CC1CCN(C(=O)c2ccc(NC(=O)NCCC(=O)O)cc2)CC1. The second-order valence-corrected chi connectivity index (χ2v) is 6.08. The van der Waals surface area contributed by atoms with E-state index in [9.17, 15) is 14.4 Å². The number of anilines is 1. The molecule has 1 aromatic rings. The smallest absolute Gasteiger partial charge is 0.319 e. The van der Waals surface area contributed by atoms with Crippen LogP contribution in [0.5, 0.6) is 0 Å². The van der Waals surface area contributed by atoms with Crippen LogP contribution < -0.4 is 10.6 Å². The number of carbonyl (C=O) groups is 3. The summed E-state index contributed by atoms with van der Waals surface area (Å²) >= 11 is 0. The Bertz CT molecular complexity index is 592. The Labute approximate surface area is 141 Å². The summed E-state index contributed by atoms with van der Waals surface area (Å²) < 4.78 is 0. The van der Waals surface area contributed by atoms with E-state index in [1.165, 1.54) is 0 Å². The number of aliphatic carboxylic acids is 1. The molecule has 1 saturated heterocycles. The van der Waals surface area contributed by atoms with Crippen LogP contribution in [-0.4, -0.2) is 47.5 Å². The minimum Gasteiger partial charge on any atom is -0.481 e.